The quantitative estimate of drug-likeness (QED) is 0.922. The van der Waals surface area contributed by atoms with Crippen molar-refractivity contribution in [1.82, 2.24) is 4.90 Å². The van der Waals surface area contributed by atoms with E-state index in [1.54, 1.807) is 12.1 Å². The first kappa shape index (κ1) is 15.4. The van der Waals surface area contributed by atoms with Crippen LogP contribution in [0.4, 0.5) is 15.8 Å². The monoisotopic (exact) mass is 331 g/mol. The Hall–Kier alpha value is -2.11. The van der Waals surface area contributed by atoms with E-state index in [9.17, 15) is 14.0 Å². The van der Waals surface area contributed by atoms with Gasteiger partial charge in [-0.3, -0.25) is 9.59 Å². The van der Waals surface area contributed by atoms with Crippen molar-refractivity contribution in [1.29, 1.82) is 0 Å². The zero-order valence-electron chi connectivity index (χ0n) is 13.6. The van der Waals surface area contributed by atoms with Crippen molar-refractivity contribution in [2.24, 2.45) is 5.92 Å². The minimum Gasteiger partial charge on any atom is -0.369 e. The van der Waals surface area contributed by atoms with E-state index < -0.39 is 0 Å². The predicted octanol–water partition coefficient (Wildman–Crippen LogP) is 2.38. The number of likely N-dealkylation sites (tertiary alicyclic amines) is 1. The summed E-state index contributed by atoms with van der Waals surface area (Å²) in [6.07, 6.45) is 4.53. The Bertz CT molecular complexity index is 668. The molecule has 0 spiro atoms. The van der Waals surface area contributed by atoms with E-state index in [1.165, 1.54) is 6.07 Å². The highest BCUT2D eigenvalue weighted by Crippen LogP contribution is 2.33. The first-order chi connectivity index (χ1) is 11.6. The lowest BCUT2D eigenvalue weighted by molar-refractivity contribution is -0.128. The summed E-state index contributed by atoms with van der Waals surface area (Å²) in [5.74, 6) is -0.774. The first-order valence-corrected chi connectivity index (χ1v) is 8.76. The van der Waals surface area contributed by atoms with Crippen molar-refractivity contribution in [3.05, 3.63) is 24.0 Å². The number of hydrogen-bond donors (Lipinski definition) is 1. The molecule has 4 rings (SSSR count). The van der Waals surface area contributed by atoms with Gasteiger partial charge in [0.2, 0.25) is 11.8 Å². The SMILES string of the molecule is O=C(Nc1ccc(N2CCCC2)c(F)c1)[C@H]1CC(=O)N(C2CC2)C1. The zero-order valence-corrected chi connectivity index (χ0v) is 13.6. The summed E-state index contributed by atoms with van der Waals surface area (Å²) in [6.45, 7) is 2.25. The van der Waals surface area contributed by atoms with Crippen LogP contribution in [-0.2, 0) is 9.59 Å². The summed E-state index contributed by atoms with van der Waals surface area (Å²) in [6, 6.07) is 5.19. The van der Waals surface area contributed by atoms with Crippen LogP contribution >= 0.6 is 0 Å². The molecule has 2 aliphatic heterocycles. The lowest BCUT2D eigenvalue weighted by atomic mass is 10.1. The van der Waals surface area contributed by atoms with Gasteiger partial charge in [-0.25, -0.2) is 4.39 Å². The van der Waals surface area contributed by atoms with Crippen molar-refractivity contribution in [2.75, 3.05) is 29.9 Å². The van der Waals surface area contributed by atoms with Crippen LogP contribution in [0.5, 0.6) is 0 Å². The Morgan fingerprint density at radius 1 is 1.21 bits per heavy atom. The highest BCUT2D eigenvalue weighted by Gasteiger charge is 2.41. The molecule has 2 saturated heterocycles. The van der Waals surface area contributed by atoms with Gasteiger partial charge in [-0.05, 0) is 43.9 Å². The van der Waals surface area contributed by atoms with Crippen molar-refractivity contribution in [2.45, 2.75) is 38.1 Å². The number of carbonyl (C=O) groups excluding carboxylic acids is 2. The van der Waals surface area contributed by atoms with Gasteiger partial charge in [0.15, 0.2) is 0 Å². The van der Waals surface area contributed by atoms with Crippen LogP contribution in [-0.4, -0.2) is 42.4 Å². The summed E-state index contributed by atoms with van der Waals surface area (Å²) >= 11 is 0. The van der Waals surface area contributed by atoms with Gasteiger partial charge >= 0.3 is 0 Å². The Morgan fingerprint density at radius 3 is 2.62 bits per heavy atom. The average Bonchev–Trinajstić information content (AvgIpc) is 3.09. The maximum absolute atomic E-state index is 14.3. The molecule has 5 nitrogen and oxygen atoms in total. The molecule has 24 heavy (non-hydrogen) atoms. The highest BCUT2D eigenvalue weighted by molar-refractivity contribution is 5.97. The number of rotatable bonds is 4. The van der Waals surface area contributed by atoms with Crippen LogP contribution in [0.25, 0.3) is 0 Å². The van der Waals surface area contributed by atoms with Crippen LogP contribution in [0.2, 0.25) is 0 Å². The largest absolute Gasteiger partial charge is 0.369 e. The second-order valence-electron chi connectivity index (χ2n) is 7.03. The van der Waals surface area contributed by atoms with Gasteiger partial charge in [0, 0.05) is 37.8 Å². The van der Waals surface area contributed by atoms with E-state index in [2.05, 4.69) is 5.32 Å². The third kappa shape index (κ3) is 2.97. The molecule has 6 heteroatoms. The molecule has 1 aliphatic carbocycles. The van der Waals surface area contributed by atoms with Crippen molar-refractivity contribution < 1.29 is 14.0 Å². The van der Waals surface area contributed by atoms with Crippen molar-refractivity contribution in [3.8, 4) is 0 Å². The lowest BCUT2D eigenvalue weighted by Crippen LogP contribution is -2.29. The molecule has 0 unspecified atom stereocenters. The molecular formula is C18H22FN3O2. The number of nitrogens with zero attached hydrogens (tertiary/aromatic N) is 2. The summed E-state index contributed by atoms with van der Waals surface area (Å²) in [7, 11) is 0. The smallest absolute Gasteiger partial charge is 0.229 e. The molecule has 1 atom stereocenters. The number of amides is 2. The van der Waals surface area contributed by atoms with Crippen LogP contribution in [0.1, 0.15) is 32.1 Å². The summed E-state index contributed by atoms with van der Waals surface area (Å²) in [4.78, 5) is 28.2. The van der Waals surface area contributed by atoms with Gasteiger partial charge in [-0.15, -0.1) is 0 Å². The number of nitrogens with one attached hydrogen (secondary N) is 1. The van der Waals surface area contributed by atoms with Gasteiger partial charge in [0.05, 0.1) is 11.6 Å². The van der Waals surface area contributed by atoms with Gasteiger partial charge < -0.3 is 15.1 Å². The summed E-state index contributed by atoms with van der Waals surface area (Å²) in [5, 5.41) is 2.77. The summed E-state index contributed by atoms with van der Waals surface area (Å²) in [5.41, 5.74) is 1.05. The molecule has 0 radical (unpaired) electrons. The second kappa shape index (κ2) is 6.07. The number of anilines is 2. The number of hydrogen-bond acceptors (Lipinski definition) is 3. The van der Waals surface area contributed by atoms with E-state index in [4.69, 9.17) is 0 Å². The minimum absolute atomic E-state index is 0.0632. The molecule has 128 valence electrons. The molecule has 1 N–H and O–H groups in total. The zero-order chi connectivity index (χ0) is 16.7. The average molecular weight is 331 g/mol. The second-order valence-corrected chi connectivity index (χ2v) is 7.03. The molecule has 0 aromatic heterocycles. The van der Waals surface area contributed by atoms with Crippen molar-refractivity contribution >= 4 is 23.2 Å². The highest BCUT2D eigenvalue weighted by atomic mass is 19.1. The van der Waals surface area contributed by atoms with Crippen LogP contribution in [0.15, 0.2) is 18.2 Å². The van der Waals surface area contributed by atoms with Crippen LogP contribution in [0, 0.1) is 11.7 Å². The molecule has 2 heterocycles. The Labute approximate surface area is 140 Å². The molecule has 1 aromatic rings. The van der Waals surface area contributed by atoms with Gasteiger partial charge in [0.1, 0.15) is 5.82 Å². The van der Waals surface area contributed by atoms with Crippen molar-refractivity contribution in [3.63, 3.8) is 0 Å². The fourth-order valence-electron chi connectivity index (χ4n) is 3.69. The molecule has 3 fully saturated rings. The molecule has 0 bridgehead atoms. The summed E-state index contributed by atoms with van der Waals surface area (Å²) < 4.78 is 14.3. The molecule has 1 aromatic carbocycles. The fraction of sp³-hybridized carbons (Fsp3) is 0.556. The Morgan fingerprint density at radius 2 is 1.96 bits per heavy atom. The maximum Gasteiger partial charge on any atom is 0.229 e. The van der Waals surface area contributed by atoms with E-state index in [0.717, 1.165) is 38.8 Å². The molecule has 3 aliphatic rings. The number of carbonyl (C=O) groups is 2. The third-order valence-corrected chi connectivity index (χ3v) is 5.18. The first-order valence-electron chi connectivity index (χ1n) is 8.76. The standard InChI is InChI=1S/C18H22FN3O2/c19-15-10-13(3-6-16(15)21-7-1-2-8-21)20-18(24)12-9-17(23)22(11-12)14-4-5-14/h3,6,10,12,14H,1-2,4-5,7-9,11H2,(H,20,24)/t12-/m0/s1. The van der Waals surface area contributed by atoms with E-state index in [0.29, 0.717) is 24.0 Å². The predicted molar refractivity (Wildman–Crippen MR) is 89.3 cm³/mol. The maximum atomic E-state index is 14.3. The normalized spacial score (nSPS) is 23.9. The Kier molecular flexibility index (Phi) is 3.90. The van der Waals surface area contributed by atoms with Crippen LogP contribution < -0.4 is 10.2 Å². The number of benzene rings is 1. The topological polar surface area (TPSA) is 52.7 Å². The van der Waals surface area contributed by atoms with Crippen LogP contribution in [0.3, 0.4) is 0 Å². The molecule has 1 saturated carbocycles. The molecular weight excluding hydrogens is 309 g/mol. The van der Waals surface area contributed by atoms with Gasteiger partial charge in [-0.2, -0.15) is 0 Å². The Balaban J connectivity index is 1.40. The van der Waals surface area contributed by atoms with Gasteiger partial charge in [-0.1, -0.05) is 0 Å². The third-order valence-electron chi connectivity index (χ3n) is 5.18. The van der Waals surface area contributed by atoms with E-state index in [1.807, 2.05) is 9.80 Å². The van der Waals surface area contributed by atoms with E-state index in [-0.39, 0.29) is 30.0 Å². The molecule has 2 amide bonds. The lowest BCUT2D eigenvalue weighted by Gasteiger charge is -2.19. The van der Waals surface area contributed by atoms with E-state index >= 15 is 0 Å². The van der Waals surface area contributed by atoms with Gasteiger partial charge in [0.25, 0.3) is 0 Å². The fourth-order valence-corrected chi connectivity index (χ4v) is 3.69. The number of halogens is 1. The minimum atomic E-state index is -0.334.